The van der Waals surface area contributed by atoms with Crippen molar-refractivity contribution in [2.75, 3.05) is 27.2 Å². The molecule has 2 N–H and O–H groups in total. The summed E-state index contributed by atoms with van der Waals surface area (Å²) < 4.78 is 0. The number of rotatable bonds is 5. The number of carbonyl (C=O) groups is 1. The van der Waals surface area contributed by atoms with Crippen LogP contribution < -0.4 is 5.32 Å². The number of aryl methyl sites for hydroxylation is 1. The fourth-order valence-electron chi connectivity index (χ4n) is 3.16. The molecule has 0 aliphatic heterocycles. The van der Waals surface area contributed by atoms with E-state index in [-0.39, 0.29) is 18.4 Å². The number of amides is 1. The molecule has 0 bridgehead atoms. The fraction of sp³-hybridized carbons (Fsp3) is 0.588. The number of carbonyl (C=O) groups excluding carboxylic acids is 1. The number of nitrogens with zero attached hydrogens (tertiary/aromatic N) is 1. The Morgan fingerprint density at radius 1 is 1.43 bits per heavy atom. The number of aliphatic hydroxyl groups is 1. The summed E-state index contributed by atoms with van der Waals surface area (Å²) >= 11 is 0. The molecule has 4 heteroatoms. The zero-order valence-corrected chi connectivity index (χ0v) is 13.2. The van der Waals surface area contributed by atoms with Crippen LogP contribution >= 0.6 is 0 Å². The third-order valence-corrected chi connectivity index (χ3v) is 3.99. The lowest BCUT2D eigenvalue weighted by Gasteiger charge is -2.29. The molecule has 4 nitrogen and oxygen atoms in total. The molecular formula is C17H26N2O2. The van der Waals surface area contributed by atoms with E-state index in [0.717, 1.165) is 24.8 Å². The van der Waals surface area contributed by atoms with Crippen LogP contribution in [0, 0.1) is 0 Å². The highest BCUT2D eigenvalue weighted by atomic mass is 16.3. The Balaban J connectivity index is 1.99. The lowest BCUT2D eigenvalue weighted by molar-refractivity contribution is -0.124. The first-order chi connectivity index (χ1) is 9.89. The number of likely N-dealkylation sites (N-methyl/N-ethyl adjacent to an activating group) is 1. The molecule has 1 aliphatic rings. The van der Waals surface area contributed by atoms with Gasteiger partial charge in [-0.15, -0.1) is 0 Å². The summed E-state index contributed by atoms with van der Waals surface area (Å²) in [5.74, 6) is -0.0497. The molecule has 2 atom stereocenters. The summed E-state index contributed by atoms with van der Waals surface area (Å²) in [4.78, 5) is 14.4. The van der Waals surface area contributed by atoms with Crippen LogP contribution in [-0.2, 0) is 11.2 Å². The standard InChI is InChI=1S/C17H26N2O2/c1-17(21,12-19(2)3)11-18-16(20)15-10-6-8-13-7-4-5-9-14(13)15/h4-5,7,9,15,21H,6,8,10-12H2,1-3H3,(H,18,20). The highest BCUT2D eigenvalue weighted by Crippen LogP contribution is 2.31. The third kappa shape index (κ3) is 4.29. The first kappa shape index (κ1) is 16.0. The highest BCUT2D eigenvalue weighted by molar-refractivity contribution is 5.84. The van der Waals surface area contributed by atoms with Crippen molar-refractivity contribution in [1.29, 1.82) is 0 Å². The molecule has 1 aromatic carbocycles. The van der Waals surface area contributed by atoms with Crippen molar-refractivity contribution in [2.45, 2.75) is 37.7 Å². The van der Waals surface area contributed by atoms with Crippen LogP contribution in [0.1, 0.15) is 36.8 Å². The van der Waals surface area contributed by atoms with Gasteiger partial charge in [-0.05, 0) is 51.4 Å². The van der Waals surface area contributed by atoms with Crippen molar-refractivity contribution in [3.8, 4) is 0 Å². The van der Waals surface area contributed by atoms with E-state index in [2.05, 4.69) is 17.4 Å². The predicted octanol–water partition coefficient (Wildman–Crippen LogP) is 1.54. The first-order valence-electron chi connectivity index (χ1n) is 7.62. The minimum absolute atomic E-state index is 0.0289. The summed E-state index contributed by atoms with van der Waals surface area (Å²) in [7, 11) is 3.82. The SMILES string of the molecule is CN(C)CC(C)(O)CNC(=O)C1CCCc2ccccc21. The zero-order chi connectivity index (χ0) is 15.5. The lowest BCUT2D eigenvalue weighted by atomic mass is 9.82. The second kappa shape index (κ2) is 6.58. The Hall–Kier alpha value is -1.39. The van der Waals surface area contributed by atoms with Gasteiger partial charge in [0, 0.05) is 13.1 Å². The van der Waals surface area contributed by atoms with Crippen LogP contribution in [0.25, 0.3) is 0 Å². The zero-order valence-electron chi connectivity index (χ0n) is 13.2. The number of hydrogen-bond donors (Lipinski definition) is 2. The Morgan fingerprint density at radius 2 is 2.14 bits per heavy atom. The summed E-state index contributed by atoms with van der Waals surface area (Å²) in [6, 6.07) is 8.18. The Bertz CT molecular complexity index is 497. The van der Waals surface area contributed by atoms with Gasteiger partial charge in [0.2, 0.25) is 5.91 Å². The van der Waals surface area contributed by atoms with E-state index in [1.165, 1.54) is 5.56 Å². The summed E-state index contributed by atoms with van der Waals surface area (Å²) in [5.41, 5.74) is 1.52. The second-order valence-electron chi connectivity index (χ2n) is 6.60. The number of hydrogen-bond acceptors (Lipinski definition) is 3. The molecule has 1 amide bonds. The smallest absolute Gasteiger partial charge is 0.227 e. The van der Waals surface area contributed by atoms with E-state index in [1.807, 2.05) is 31.1 Å². The highest BCUT2D eigenvalue weighted by Gasteiger charge is 2.28. The van der Waals surface area contributed by atoms with Crippen LogP contribution in [0.5, 0.6) is 0 Å². The summed E-state index contributed by atoms with van der Waals surface area (Å²) in [6.45, 7) is 2.55. The third-order valence-electron chi connectivity index (χ3n) is 3.99. The predicted molar refractivity (Wildman–Crippen MR) is 84.3 cm³/mol. The molecule has 1 aliphatic carbocycles. The Morgan fingerprint density at radius 3 is 2.86 bits per heavy atom. The van der Waals surface area contributed by atoms with Crippen LogP contribution in [-0.4, -0.2) is 48.7 Å². The molecule has 0 saturated heterocycles. The van der Waals surface area contributed by atoms with E-state index in [1.54, 1.807) is 6.92 Å². The maximum atomic E-state index is 12.5. The monoisotopic (exact) mass is 290 g/mol. The van der Waals surface area contributed by atoms with Crippen molar-refractivity contribution in [3.05, 3.63) is 35.4 Å². The van der Waals surface area contributed by atoms with E-state index in [0.29, 0.717) is 6.54 Å². The molecule has 0 spiro atoms. The van der Waals surface area contributed by atoms with Gasteiger partial charge in [0.1, 0.15) is 0 Å². The molecule has 116 valence electrons. The van der Waals surface area contributed by atoms with Crippen LogP contribution in [0.4, 0.5) is 0 Å². The molecule has 2 unspecified atom stereocenters. The molecule has 21 heavy (non-hydrogen) atoms. The van der Waals surface area contributed by atoms with E-state index < -0.39 is 5.60 Å². The number of nitrogens with one attached hydrogen (secondary N) is 1. The van der Waals surface area contributed by atoms with Gasteiger partial charge in [0.15, 0.2) is 0 Å². The molecule has 0 fully saturated rings. The van der Waals surface area contributed by atoms with Crippen molar-refractivity contribution >= 4 is 5.91 Å². The molecule has 0 radical (unpaired) electrons. The summed E-state index contributed by atoms with van der Waals surface area (Å²) in [6.07, 6.45) is 2.99. The summed E-state index contributed by atoms with van der Waals surface area (Å²) in [5, 5.41) is 13.2. The van der Waals surface area contributed by atoms with E-state index >= 15 is 0 Å². The van der Waals surface area contributed by atoms with E-state index in [4.69, 9.17) is 0 Å². The van der Waals surface area contributed by atoms with Gasteiger partial charge >= 0.3 is 0 Å². The maximum absolute atomic E-state index is 12.5. The topological polar surface area (TPSA) is 52.6 Å². The minimum atomic E-state index is -0.909. The van der Waals surface area contributed by atoms with Crippen LogP contribution in [0.15, 0.2) is 24.3 Å². The maximum Gasteiger partial charge on any atom is 0.227 e. The molecule has 0 aromatic heterocycles. The average Bonchev–Trinajstić information content (AvgIpc) is 2.43. The quantitative estimate of drug-likeness (QED) is 0.865. The Labute approximate surface area is 127 Å². The largest absolute Gasteiger partial charge is 0.387 e. The molecule has 0 heterocycles. The minimum Gasteiger partial charge on any atom is -0.387 e. The Kier molecular flexibility index (Phi) is 5.01. The van der Waals surface area contributed by atoms with Gasteiger partial charge in [-0.2, -0.15) is 0 Å². The number of benzene rings is 1. The van der Waals surface area contributed by atoms with Gasteiger partial charge in [0.25, 0.3) is 0 Å². The number of fused-ring (bicyclic) bond motifs is 1. The van der Waals surface area contributed by atoms with Crippen LogP contribution in [0.3, 0.4) is 0 Å². The van der Waals surface area contributed by atoms with Gasteiger partial charge < -0.3 is 15.3 Å². The van der Waals surface area contributed by atoms with Gasteiger partial charge in [0.05, 0.1) is 11.5 Å². The van der Waals surface area contributed by atoms with Crippen molar-refractivity contribution in [1.82, 2.24) is 10.2 Å². The van der Waals surface area contributed by atoms with Crippen LogP contribution in [0.2, 0.25) is 0 Å². The first-order valence-corrected chi connectivity index (χ1v) is 7.62. The van der Waals surface area contributed by atoms with Crippen molar-refractivity contribution in [3.63, 3.8) is 0 Å². The molecule has 0 saturated carbocycles. The van der Waals surface area contributed by atoms with Gasteiger partial charge in [-0.3, -0.25) is 4.79 Å². The molecule has 2 rings (SSSR count). The van der Waals surface area contributed by atoms with E-state index in [9.17, 15) is 9.90 Å². The fourth-order valence-corrected chi connectivity index (χ4v) is 3.16. The van der Waals surface area contributed by atoms with Crippen molar-refractivity contribution in [2.24, 2.45) is 0 Å². The second-order valence-corrected chi connectivity index (χ2v) is 6.60. The van der Waals surface area contributed by atoms with Gasteiger partial charge in [-0.1, -0.05) is 24.3 Å². The molecular weight excluding hydrogens is 264 g/mol. The molecule has 1 aromatic rings. The average molecular weight is 290 g/mol. The van der Waals surface area contributed by atoms with Gasteiger partial charge in [-0.25, -0.2) is 0 Å². The normalized spacial score (nSPS) is 20.7. The van der Waals surface area contributed by atoms with Crippen molar-refractivity contribution < 1.29 is 9.90 Å². The lowest BCUT2D eigenvalue weighted by Crippen LogP contribution is -2.48.